The molecule has 0 aromatic carbocycles. The first-order chi connectivity index (χ1) is 9.13. The standard InChI is InChI=1S/C14H23NO3S/c1-2-5-13-15(11(9-19-13)14(17)18)12(16)8-10-6-3-4-7-10/h10-11,13H,2-9H2,1H3,(H,17,18). The summed E-state index contributed by atoms with van der Waals surface area (Å²) >= 11 is 1.62. The van der Waals surface area contributed by atoms with E-state index >= 15 is 0 Å². The van der Waals surface area contributed by atoms with E-state index in [0.717, 1.165) is 25.7 Å². The van der Waals surface area contributed by atoms with Crippen molar-refractivity contribution in [2.45, 2.75) is 63.3 Å². The third-order valence-corrected chi connectivity index (χ3v) is 5.50. The van der Waals surface area contributed by atoms with Crippen LogP contribution in [0.15, 0.2) is 0 Å². The highest BCUT2D eigenvalue weighted by Crippen LogP contribution is 2.35. The predicted molar refractivity (Wildman–Crippen MR) is 76.0 cm³/mol. The molecule has 2 fully saturated rings. The molecule has 1 saturated carbocycles. The summed E-state index contributed by atoms with van der Waals surface area (Å²) in [6, 6.07) is -0.615. The quantitative estimate of drug-likeness (QED) is 0.844. The minimum atomic E-state index is -0.856. The van der Waals surface area contributed by atoms with Crippen LogP contribution in [0.4, 0.5) is 0 Å². The summed E-state index contributed by atoms with van der Waals surface area (Å²) in [7, 11) is 0. The molecule has 0 aromatic rings. The lowest BCUT2D eigenvalue weighted by molar-refractivity contribution is -0.149. The Morgan fingerprint density at radius 2 is 2.00 bits per heavy atom. The van der Waals surface area contributed by atoms with Crippen LogP contribution in [0.1, 0.15) is 51.9 Å². The molecule has 1 aliphatic heterocycles. The van der Waals surface area contributed by atoms with E-state index in [1.807, 2.05) is 0 Å². The van der Waals surface area contributed by atoms with Gasteiger partial charge in [-0.3, -0.25) is 4.79 Å². The van der Waals surface area contributed by atoms with Gasteiger partial charge in [-0.15, -0.1) is 11.8 Å². The molecular formula is C14H23NO3S. The van der Waals surface area contributed by atoms with Gasteiger partial charge in [0, 0.05) is 12.2 Å². The number of carboxylic acids is 1. The Labute approximate surface area is 118 Å². The van der Waals surface area contributed by atoms with E-state index in [9.17, 15) is 14.7 Å². The van der Waals surface area contributed by atoms with Gasteiger partial charge in [-0.25, -0.2) is 4.79 Å². The summed E-state index contributed by atoms with van der Waals surface area (Å²) in [5.41, 5.74) is 0. The highest BCUT2D eigenvalue weighted by molar-refractivity contribution is 8.00. The van der Waals surface area contributed by atoms with Crippen LogP contribution >= 0.6 is 11.8 Å². The first kappa shape index (κ1) is 14.7. The lowest BCUT2D eigenvalue weighted by atomic mass is 10.0. The van der Waals surface area contributed by atoms with Crippen LogP contribution in [0.25, 0.3) is 0 Å². The van der Waals surface area contributed by atoms with Crippen molar-refractivity contribution >= 4 is 23.6 Å². The van der Waals surface area contributed by atoms with Crippen LogP contribution in [0.2, 0.25) is 0 Å². The summed E-state index contributed by atoms with van der Waals surface area (Å²) in [5, 5.41) is 9.34. The number of carbonyl (C=O) groups excluding carboxylic acids is 1. The Morgan fingerprint density at radius 3 is 2.58 bits per heavy atom. The molecular weight excluding hydrogens is 262 g/mol. The lowest BCUT2D eigenvalue weighted by Gasteiger charge is -2.28. The summed E-state index contributed by atoms with van der Waals surface area (Å²) in [5.74, 6) is 0.222. The molecule has 0 bridgehead atoms. The smallest absolute Gasteiger partial charge is 0.327 e. The van der Waals surface area contributed by atoms with Crippen LogP contribution in [-0.2, 0) is 9.59 Å². The number of aliphatic carboxylic acids is 1. The third kappa shape index (κ3) is 3.44. The van der Waals surface area contributed by atoms with Crippen LogP contribution in [0, 0.1) is 5.92 Å². The molecule has 2 aliphatic rings. The number of amides is 1. The molecule has 1 heterocycles. The number of nitrogens with zero attached hydrogens (tertiary/aromatic N) is 1. The Balaban J connectivity index is 2.01. The van der Waals surface area contributed by atoms with Gasteiger partial charge in [0.1, 0.15) is 6.04 Å². The SMILES string of the molecule is CCCC1SCC(C(=O)O)N1C(=O)CC1CCCC1. The molecule has 2 atom stereocenters. The average molecular weight is 285 g/mol. The highest BCUT2D eigenvalue weighted by atomic mass is 32.2. The molecule has 5 heteroatoms. The molecule has 19 heavy (non-hydrogen) atoms. The topological polar surface area (TPSA) is 57.6 Å². The van der Waals surface area contributed by atoms with Crippen molar-refractivity contribution in [1.29, 1.82) is 0 Å². The molecule has 1 amide bonds. The first-order valence-corrected chi connectivity index (χ1v) is 8.34. The maximum Gasteiger partial charge on any atom is 0.327 e. The van der Waals surface area contributed by atoms with Gasteiger partial charge < -0.3 is 10.0 Å². The molecule has 4 nitrogen and oxygen atoms in total. The van der Waals surface area contributed by atoms with Gasteiger partial charge in [0.25, 0.3) is 0 Å². The summed E-state index contributed by atoms with van der Waals surface area (Å²) < 4.78 is 0. The zero-order valence-corrected chi connectivity index (χ0v) is 12.3. The van der Waals surface area contributed by atoms with E-state index in [-0.39, 0.29) is 11.3 Å². The van der Waals surface area contributed by atoms with Crippen molar-refractivity contribution < 1.29 is 14.7 Å². The molecule has 0 radical (unpaired) electrons. The molecule has 1 saturated heterocycles. The number of hydrogen-bond acceptors (Lipinski definition) is 3. The Bertz CT molecular complexity index is 342. The van der Waals surface area contributed by atoms with E-state index < -0.39 is 12.0 Å². The second-order valence-corrected chi connectivity index (χ2v) is 6.80. The fourth-order valence-electron chi connectivity index (χ4n) is 3.12. The molecule has 0 spiro atoms. The average Bonchev–Trinajstić information content (AvgIpc) is 2.98. The number of thioether (sulfide) groups is 1. The molecule has 108 valence electrons. The van der Waals surface area contributed by atoms with Crippen molar-refractivity contribution in [2.75, 3.05) is 5.75 Å². The number of hydrogen-bond donors (Lipinski definition) is 1. The van der Waals surface area contributed by atoms with Gasteiger partial charge in [0.05, 0.1) is 5.37 Å². The Kier molecular flexibility index (Phi) is 5.13. The Morgan fingerprint density at radius 1 is 1.32 bits per heavy atom. The summed E-state index contributed by atoms with van der Waals surface area (Å²) in [6.07, 6.45) is 7.11. The lowest BCUT2D eigenvalue weighted by Crippen LogP contribution is -2.46. The highest BCUT2D eigenvalue weighted by Gasteiger charge is 2.41. The largest absolute Gasteiger partial charge is 0.480 e. The zero-order chi connectivity index (χ0) is 13.8. The third-order valence-electron chi connectivity index (χ3n) is 4.14. The van der Waals surface area contributed by atoms with Gasteiger partial charge >= 0.3 is 5.97 Å². The second kappa shape index (κ2) is 6.64. The van der Waals surface area contributed by atoms with E-state index in [2.05, 4.69) is 6.92 Å². The number of carbonyl (C=O) groups is 2. The number of carboxylic acid groups (broad SMARTS) is 1. The van der Waals surface area contributed by atoms with Crippen molar-refractivity contribution in [1.82, 2.24) is 4.90 Å². The van der Waals surface area contributed by atoms with Crippen LogP contribution in [0.3, 0.4) is 0 Å². The fourth-order valence-corrected chi connectivity index (χ4v) is 4.66. The first-order valence-electron chi connectivity index (χ1n) is 7.29. The molecule has 2 unspecified atom stereocenters. The van der Waals surface area contributed by atoms with Crippen molar-refractivity contribution in [3.05, 3.63) is 0 Å². The van der Waals surface area contributed by atoms with E-state index in [4.69, 9.17) is 0 Å². The summed E-state index contributed by atoms with van der Waals surface area (Å²) in [4.78, 5) is 25.4. The van der Waals surface area contributed by atoms with E-state index in [0.29, 0.717) is 18.1 Å². The van der Waals surface area contributed by atoms with Crippen molar-refractivity contribution in [3.63, 3.8) is 0 Å². The Hall–Kier alpha value is -0.710. The van der Waals surface area contributed by atoms with Crippen LogP contribution in [0.5, 0.6) is 0 Å². The van der Waals surface area contributed by atoms with Gasteiger partial charge in [-0.2, -0.15) is 0 Å². The molecule has 0 aromatic heterocycles. The van der Waals surface area contributed by atoms with Crippen LogP contribution < -0.4 is 0 Å². The normalized spacial score (nSPS) is 27.9. The van der Waals surface area contributed by atoms with Crippen LogP contribution in [-0.4, -0.2) is 39.1 Å². The fraction of sp³-hybridized carbons (Fsp3) is 0.857. The monoisotopic (exact) mass is 285 g/mol. The van der Waals surface area contributed by atoms with E-state index in [1.54, 1.807) is 16.7 Å². The second-order valence-electron chi connectivity index (χ2n) is 5.59. The maximum absolute atomic E-state index is 12.5. The minimum Gasteiger partial charge on any atom is -0.480 e. The molecule has 1 aliphatic carbocycles. The van der Waals surface area contributed by atoms with Crippen molar-refractivity contribution in [2.24, 2.45) is 5.92 Å². The summed E-state index contributed by atoms with van der Waals surface area (Å²) in [6.45, 7) is 2.08. The van der Waals surface area contributed by atoms with Gasteiger partial charge in [-0.05, 0) is 25.2 Å². The maximum atomic E-state index is 12.5. The van der Waals surface area contributed by atoms with Gasteiger partial charge in [0.15, 0.2) is 0 Å². The molecule has 2 rings (SSSR count). The van der Waals surface area contributed by atoms with Gasteiger partial charge in [0.2, 0.25) is 5.91 Å². The number of rotatable bonds is 5. The predicted octanol–water partition coefficient (Wildman–Crippen LogP) is 2.72. The van der Waals surface area contributed by atoms with Crippen molar-refractivity contribution in [3.8, 4) is 0 Å². The van der Waals surface area contributed by atoms with Gasteiger partial charge in [-0.1, -0.05) is 26.2 Å². The zero-order valence-electron chi connectivity index (χ0n) is 11.5. The minimum absolute atomic E-state index is 0.0581. The molecule has 1 N–H and O–H groups in total. The van der Waals surface area contributed by atoms with E-state index in [1.165, 1.54) is 12.8 Å².